The fourth-order valence-corrected chi connectivity index (χ4v) is 2.60. The Morgan fingerprint density at radius 3 is 2.96 bits per heavy atom. The monoisotopic (exact) mass is 314 g/mol. The molecule has 1 saturated heterocycles. The highest BCUT2D eigenvalue weighted by molar-refractivity contribution is 5.44. The van der Waals surface area contributed by atoms with Gasteiger partial charge in [-0.1, -0.05) is 6.07 Å². The van der Waals surface area contributed by atoms with Gasteiger partial charge in [-0.25, -0.2) is 9.97 Å². The standard InChI is InChI=1S/C16H22N6O/c1-11-3-2-5-19-15(11)20-7-6-18-14-9-13(21-16(17)22-14)12-4-8-23-10-12/h2-3,5,9,12H,4,6-8,10H2,1H3,(H,19,20)(H3,17,18,21,22)/t12-/m1/s1. The van der Waals surface area contributed by atoms with Crippen molar-refractivity contribution >= 4 is 17.6 Å². The number of nitrogens with zero attached hydrogens (tertiary/aromatic N) is 3. The number of anilines is 3. The summed E-state index contributed by atoms with van der Waals surface area (Å²) in [7, 11) is 0. The third kappa shape index (κ3) is 4.07. The van der Waals surface area contributed by atoms with Gasteiger partial charge in [-0.3, -0.25) is 0 Å². The Balaban J connectivity index is 1.54. The molecular formula is C16H22N6O. The molecule has 23 heavy (non-hydrogen) atoms. The van der Waals surface area contributed by atoms with E-state index in [-0.39, 0.29) is 0 Å². The predicted octanol–water partition coefficient (Wildman–Crippen LogP) is 1.79. The second-order valence-electron chi connectivity index (χ2n) is 5.62. The molecule has 4 N–H and O–H groups in total. The largest absolute Gasteiger partial charge is 0.381 e. The molecule has 0 spiro atoms. The van der Waals surface area contributed by atoms with Gasteiger partial charge in [0.1, 0.15) is 11.6 Å². The quantitative estimate of drug-likeness (QED) is 0.699. The SMILES string of the molecule is Cc1cccnc1NCCNc1cc([C@@H]2CCOC2)nc(N)n1. The smallest absolute Gasteiger partial charge is 0.222 e. The van der Waals surface area contributed by atoms with Crippen LogP contribution in [0.3, 0.4) is 0 Å². The molecule has 0 radical (unpaired) electrons. The minimum atomic E-state index is 0.297. The van der Waals surface area contributed by atoms with Crippen molar-refractivity contribution in [3.8, 4) is 0 Å². The number of rotatable bonds is 6. The number of aryl methyl sites for hydroxylation is 1. The molecule has 0 aliphatic carbocycles. The lowest BCUT2D eigenvalue weighted by molar-refractivity contribution is 0.193. The summed E-state index contributed by atoms with van der Waals surface area (Å²) in [6, 6.07) is 5.92. The van der Waals surface area contributed by atoms with Crippen LogP contribution in [0, 0.1) is 6.92 Å². The molecule has 7 heteroatoms. The number of nitrogens with one attached hydrogen (secondary N) is 2. The van der Waals surface area contributed by atoms with Crippen LogP contribution in [0.25, 0.3) is 0 Å². The van der Waals surface area contributed by atoms with E-state index in [9.17, 15) is 0 Å². The zero-order chi connectivity index (χ0) is 16.1. The predicted molar refractivity (Wildman–Crippen MR) is 90.6 cm³/mol. The third-order valence-electron chi connectivity index (χ3n) is 3.84. The number of nitrogens with two attached hydrogens (primary N) is 1. The Kier molecular flexibility index (Phi) is 4.87. The molecule has 1 fully saturated rings. The van der Waals surface area contributed by atoms with Crippen LogP contribution < -0.4 is 16.4 Å². The van der Waals surface area contributed by atoms with Crippen molar-refractivity contribution in [2.75, 3.05) is 42.7 Å². The van der Waals surface area contributed by atoms with Crippen LogP contribution >= 0.6 is 0 Å². The zero-order valence-corrected chi connectivity index (χ0v) is 13.2. The molecule has 7 nitrogen and oxygen atoms in total. The van der Waals surface area contributed by atoms with E-state index in [1.807, 2.05) is 25.1 Å². The van der Waals surface area contributed by atoms with Crippen molar-refractivity contribution in [1.29, 1.82) is 0 Å². The van der Waals surface area contributed by atoms with E-state index in [4.69, 9.17) is 10.5 Å². The van der Waals surface area contributed by atoms with Gasteiger partial charge in [0.25, 0.3) is 0 Å². The first-order valence-corrected chi connectivity index (χ1v) is 7.84. The maximum Gasteiger partial charge on any atom is 0.222 e. The van der Waals surface area contributed by atoms with Crippen molar-refractivity contribution in [3.05, 3.63) is 35.7 Å². The topological polar surface area (TPSA) is 98.0 Å². The highest BCUT2D eigenvalue weighted by atomic mass is 16.5. The normalized spacial score (nSPS) is 17.2. The molecule has 0 bridgehead atoms. The van der Waals surface area contributed by atoms with Crippen LogP contribution in [-0.4, -0.2) is 41.3 Å². The van der Waals surface area contributed by atoms with Crippen molar-refractivity contribution in [2.24, 2.45) is 0 Å². The molecule has 1 aliphatic heterocycles. The highest BCUT2D eigenvalue weighted by Gasteiger charge is 2.20. The number of ether oxygens (including phenoxy) is 1. The number of hydrogen-bond donors (Lipinski definition) is 3. The van der Waals surface area contributed by atoms with Gasteiger partial charge in [-0.05, 0) is 25.0 Å². The van der Waals surface area contributed by atoms with Crippen molar-refractivity contribution < 1.29 is 4.74 Å². The molecule has 122 valence electrons. The highest BCUT2D eigenvalue weighted by Crippen LogP contribution is 2.25. The van der Waals surface area contributed by atoms with Crippen LogP contribution in [0.2, 0.25) is 0 Å². The lowest BCUT2D eigenvalue weighted by Crippen LogP contribution is -2.16. The molecule has 0 unspecified atom stereocenters. The summed E-state index contributed by atoms with van der Waals surface area (Å²) in [6.45, 7) is 4.97. The first-order valence-electron chi connectivity index (χ1n) is 7.84. The van der Waals surface area contributed by atoms with Crippen LogP contribution in [0.5, 0.6) is 0 Å². The molecule has 0 aromatic carbocycles. The van der Waals surface area contributed by atoms with Gasteiger partial charge in [0.15, 0.2) is 0 Å². The van der Waals surface area contributed by atoms with E-state index in [1.54, 1.807) is 6.20 Å². The Morgan fingerprint density at radius 2 is 2.17 bits per heavy atom. The number of pyridine rings is 1. The van der Waals surface area contributed by atoms with Crippen LogP contribution in [0.1, 0.15) is 23.6 Å². The summed E-state index contributed by atoms with van der Waals surface area (Å²) in [4.78, 5) is 12.9. The summed E-state index contributed by atoms with van der Waals surface area (Å²) < 4.78 is 5.41. The summed E-state index contributed by atoms with van der Waals surface area (Å²) in [6.07, 6.45) is 2.76. The molecule has 1 atom stereocenters. The second kappa shape index (κ2) is 7.23. The van der Waals surface area contributed by atoms with Gasteiger partial charge >= 0.3 is 0 Å². The van der Waals surface area contributed by atoms with Gasteiger partial charge in [0.05, 0.1) is 12.3 Å². The van der Waals surface area contributed by atoms with E-state index >= 15 is 0 Å². The van der Waals surface area contributed by atoms with Crippen LogP contribution in [0.15, 0.2) is 24.4 Å². The Labute approximate surface area is 135 Å². The molecule has 2 aromatic heterocycles. The van der Waals surface area contributed by atoms with E-state index < -0.39 is 0 Å². The lowest BCUT2D eigenvalue weighted by atomic mass is 10.0. The van der Waals surface area contributed by atoms with Gasteiger partial charge in [0, 0.05) is 37.9 Å². The maximum atomic E-state index is 5.81. The van der Waals surface area contributed by atoms with Gasteiger partial charge in [-0.15, -0.1) is 0 Å². The summed E-state index contributed by atoms with van der Waals surface area (Å²) >= 11 is 0. The summed E-state index contributed by atoms with van der Waals surface area (Å²) in [5.74, 6) is 2.26. The first-order chi connectivity index (χ1) is 11.2. The first kappa shape index (κ1) is 15.5. The Hall–Kier alpha value is -2.41. The minimum absolute atomic E-state index is 0.297. The van der Waals surface area contributed by atoms with E-state index in [0.717, 1.165) is 42.5 Å². The van der Waals surface area contributed by atoms with Crippen LogP contribution in [0.4, 0.5) is 17.6 Å². The van der Waals surface area contributed by atoms with Crippen LogP contribution in [-0.2, 0) is 4.74 Å². The maximum absolute atomic E-state index is 5.81. The summed E-state index contributed by atoms with van der Waals surface area (Å²) in [5.41, 5.74) is 7.89. The molecule has 1 aliphatic rings. The Bertz CT molecular complexity index is 657. The van der Waals surface area contributed by atoms with E-state index in [0.29, 0.717) is 25.0 Å². The van der Waals surface area contributed by atoms with Crippen molar-refractivity contribution in [2.45, 2.75) is 19.3 Å². The minimum Gasteiger partial charge on any atom is -0.381 e. The molecule has 3 heterocycles. The van der Waals surface area contributed by atoms with Gasteiger partial charge in [-0.2, -0.15) is 4.98 Å². The molecular weight excluding hydrogens is 292 g/mol. The van der Waals surface area contributed by atoms with Crippen molar-refractivity contribution in [3.63, 3.8) is 0 Å². The zero-order valence-electron chi connectivity index (χ0n) is 13.2. The molecule has 0 saturated carbocycles. The average Bonchev–Trinajstić information content (AvgIpc) is 3.07. The fraction of sp³-hybridized carbons (Fsp3) is 0.438. The average molecular weight is 314 g/mol. The van der Waals surface area contributed by atoms with E-state index in [2.05, 4.69) is 25.6 Å². The second-order valence-corrected chi connectivity index (χ2v) is 5.62. The molecule has 0 amide bonds. The van der Waals surface area contributed by atoms with Gasteiger partial charge in [0.2, 0.25) is 5.95 Å². The molecule has 3 rings (SSSR count). The Morgan fingerprint density at radius 1 is 1.30 bits per heavy atom. The number of nitrogen functional groups attached to an aromatic ring is 1. The lowest BCUT2D eigenvalue weighted by Gasteiger charge is -2.12. The summed E-state index contributed by atoms with van der Waals surface area (Å²) in [5, 5.41) is 6.58. The fourth-order valence-electron chi connectivity index (χ4n) is 2.60. The number of aromatic nitrogens is 3. The third-order valence-corrected chi connectivity index (χ3v) is 3.84. The molecule has 2 aromatic rings. The van der Waals surface area contributed by atoms with Crippen molar-refractivity contribution in [1.82, 2.24) is 15.0 Å². The van der Waals surface area contributed by atoms with Gasteiger partial charge < -0.3 is 21.1 Å². The van der Waals surface area contributed by atoms with E-state index in [1.165, 1.54) is 0 Å². The number of hydrogen-bond acceptors (Lipinski definition) is 7.